The molecule has 3 fully saturated rings. The molecule has 8 heteroatoms. The molecule has 0 spiro atoms. The molecular formula is C26H26BrF2N3OS. The van der Waals surface area contributed by atoms with Crippen molar-refractivity contribution >= 4 is 33.2 Å². The molecule has 1 N–H and O–H groups in total. The molecule has 1 amide bonds. The summed E-state index contributed by atoms with van der Waals surface area (Å²) in [7, 11) is 0. The maximum Gasteiger partial charge on any atom is 0.272 e. The van der Waals surface area contributed by atoms with E-state index in [0.29, 0.717) is 35.9 Å². The Morgan fingerprint density at radius 3 is 2.82 bits per heavy atom. The highest BCUT2D eigenvalue weighted by Gasteiger charge is 2.54. The highest BCUT2D eigenvalue weighted by atomic mass is 79.9. The molecule has 2 heterocycles. The minimum atomic E-state index is -0.706. The molecule has 0 aliphatic heterocycles. The first-order chi connectivity index (χ1) is 16.2. The van der Waals surface area contributed by atoms with Crippen LogP contribution in [0.2, 0.25) is 0 Å². The number of hydrogen-bond acceptors (Lipinski definition) is 3. The van der Waals surface area contributed by atoms with Gasteiger partial charge in [-0.3, -0.25) is 4.79 Å². The van der Waals surface area contributed by atoms with Gasteiger partial charge in [0.25, 0.3) is 5.91 Å². The third-order valence-electron chi connectivity index (χ3n) is 8.50. The van der Waals surface area contributed by atoms with E-state index in [4.69, 9.17) is 0 Å². The molecule has 178 valence electrons. The zero-order valence-corrected chi connectivity index (χ0v) is 21.5. The Bertz CT molecular complexity index is 1310. The molecule has 3 aromatic rings. The lowest BCUT2D eigenvalue weighted by molar-refractivity contribution is -0.103. The van der Waals surface area contributed by atoms with E-state index in [0.717, 1.165) is 45.4 Å². The van der Waals surface area contributed by atoms with Crippen LogP contribution in [0.4, 0.5) is 8.78 Å². The number of nitrogens with zero attached hydrogens (tertiary/aromatic N) is 2. The summed E-state index contributed by atoms with van der Waals surface area (Å²) in [5.74, 6) is 0.384. The molecular weight excluding hydrogens is 520 g/mol. The van der Waals surface area contributed by atoms with Crippen molar-refractivity contribution in [3.05, 3.63) is 55.8 Å². The first-order valence-corrected chi connectivity index (χ1v) is 13.5. The van der Waals surface area contributed by atoms with Gasteiger partial charge in [-0.05, 0) is 89.4 Å². The van der Waals surface area contributed by atoms with Gasteiger partial charge in [0.05, 0.1) is 9.48 Å². The Labute approximate surface area is 209 Å². The van der Waals surface area contributed by atoms with Crippen LogP contribution in [-0.4, -0.2) is 22.2 Å². The summed E-state index contributed by atoms with van der Waals surface area (Å²) in [4.78, 5) is 14.6. The number of aryl methyl sites for hydroxylation is 1. The summed E-state index contributed by atoms with van der Waals surface area (Å²) in [6.45, 7) is 5.35. The number of nitrogens with one attached hydrogen (secondary N) is 1. The number of benzene rings is 1. The normalized spacial score (nSPS) is 24.2. The van der Waals surface area contributed by atoms with E-state index in [9.17, 15) is 13.6 Å². The number of thiophene rings is 1. The van der Waals surface area contributed by atoms with Crippen molar-refractivity contribution in [1.82, 2.24) is 15.1 Å². The lowest BCUT2D eigenvalue weighted by atomic mass is 9.45. The monoisotopic (exact) mass is 545 g/mol. The second-order valence-corrected chi connectivity index (χ2v) is 13.0. The molecule has 4 aliphatic carbocycles. The average Bonchev–Trinajstić information content (AvgIpc) is 3.37. The van der Waals surface area contributed by atoms with Crippen molar-refractivity contribution in [2.24, 2.45) is 23.2 Å². The lowest BCUT2D eigenvalue weighted by Gasteiger charge is -2.60. The van der Waals surface area contributed by atoms with E-state index in [1.807, 2.05) is 6.07 Å². The van der Waals surface area contributed by atoms with E-state index < -0.39 is 11.6 Å². The third-order valence-corrected chi connectivity index (χ3v) is 10.2. The Balaban J connectivity index is 1.36. The fourth-order valence-corrected chi connectivity index (χ4v) is 8.21. The predicted octanol–water partition coefficient (Wildman–Crippen LogP) is 6.54. The van der Waals surface area contributed by atoms with Crippen LogP contribution in [0.5, 0.6) is 0 Å². The van der Waals surface area contributed by atoms with Crippen LogP contribution in [0, 0.1) is 34.8 Å². The number of rotatable bonds is 4. The minimum Gasteiger partial charge on any atom is -0.350 e. The van der Waals surface area contributed by atoms with Crippen LogP contribution in [0.15, 0.2) is 28.1 Å². The summed E-state index contributed by atoms with van der Waals surface area (Å²) in [5.41, 5.74) is 3.33. The first kappa shape index (κ1) is 22.4. The molecule has 34 heavy (non-hydrogen) atoms. The van der Waals surface area contributed by atoms with Gasteiger partial charge in [-0.1, -0.05) is 13.8 Å². The Morgan fingerprint density at radius 2 is 2.09 bits per heavy atom. The summed E-state index contributed by atoms with van der Waals surface area (Å²) in [6.07, 6.45) is 5.10. The van der Waals surface area contributed by atoms with E-state index in [-0.39, 0.29) is 11.6 Å². The van der Waals surface area contributed by atoms with E-state index in [2.05, 4.69) is 40.2 Å². The highest BCUT2D eigenvalue weighted by Crippen LogP contribution is 2.61. The number of amides is 1. The van der Waals surface area contributed by atoms with Gasteiger partial charge in [0.15, 0.2) is 11.5 Å². The van der Waals surface area contributed by atoms with Crippen molar-refractivity contribution in [2.75, 3.05) is 6.54 Å². The number of fused-ring (bicyclic) bond motifs is 5. The number of carbonyl (C=O) groups excluding carboxylic acids is 1. The number of halogens is 3. The maximum absolute atomic E-state index is 14.8. The van der Waals surface area contributed by atoms with Gasteiger partial charge in [0.1, 0.15) is 11.5 Å². The fraction of sp³-hybridized carbons (Fsp3) is 0.462. The van der Waals surface area contributed by atoms with Gasteiger partial charge in [0.2, 0.25) is 0 Å². The Hall–Kier alpha value is -2.06. The third kappa shape index (κ3) is 3.40. The largest absolute Gasteiger partial charge is 0.350 e. The van der Waals surface area contributed by atoms with Gasteiger partial charge >= 0.3 is 0 Å². The molecule has 3 atom stereocenters. The molecule has 3 unspecified atom stereocenters. The van der Waals surface area contributed by atoms with Gasteiger partial charge in [0, 0.05) is 28.6 Å². The number of carbonyl (C=O) groups is 1. The average molecular weight is 546 g/mol. The number of hydrogen-bond donors (Lipinski definition) is 1. The van der Waals surface area contributed by atoms with E-state index >= 15 is 0 Å². The van der Waals surface area contributed by atoms with Gasteiger partial charge in [-0.25, -0.2) is 13.5 Å². The van der Waals surface area contributed by atoms with E-state index in [1.54, 1.807) is 11.3 Å². The van der Waals surface area contributed by atoms with Gasteiger partial charge in [-0.2, -0.15) is 5.10 Å². The van der Waals surface area contributed by atoms with Crippen molar-refractivity contribution in [2.45, 2.75) is 46.0 Å². The topological polar surface area (TPSA) is 46.9 Å². The van der Waals surface area contributed by atoms with Crippen molar-refractivity contribution in [1.29, 1.82) is 0 Å². The summed E-state index contributed by atoms with van der Waals surface area (Å²) in [5, 5.41) is 7.77. The second-order valence-electron chi connectivity index (χ2n) is 10.5. The smallest absolute Gasteiger partial charge is 0.272 e. The van der Waals surface area contributed by atoms with Crippen LogP contribution < -0.4 is 5.32 Å². The predicted molar refractivity (Wildman–Crippen MR) is 132 cm³/mol. The van der Waals surface area contributed by atoms with Crippen LogP contribution in [-0.2, 0) is 12.8 Å². The van der Waals surface area contributed by atoms with Gasteiger partial charge in [-0.15, -0.1) is 11.3 Å². The van der Waals surface area contributed by atoms with Crippen molar-refractivity contribution < 1.29 is 13.6 Å². The quantitative estimate of drug-likeness (QED) is 0.404. The Kier molecular flexibility index (Phi) is 5.26. The van der Waals surface area contributed by atoms with Crippen molar-refractivity contribution in [3.8, 4) is 16.9 Å². The zero-order chi connectivity index (χ0) is 23.8. The highest BCUT2D eigenvalue weighted by molar-refractivity contribution is 9.11. The molecule has 0 saturated heterocycles. The Morgan fingerprint density at radius 1 is 1.26 bits per heavy atom. The molecule has 2 bridgehead atoms. The lowest BCUT2D eigenvalue weighted by Crippen LogP contribution is -2.54. The molecule has 3 saturated carbocycles. The maximum atomic E-state index is 14.8. The standard InChI is InChI=1S/C26H26BrF2N3OS/c1-26(2)14-4-3-13(18(26)9-14)12-30-25(33)23-16-6-8-21-17(11-22(27)34-21)24(16)32(31-23)20-7-5-15(28)10-19(20)29/h5,7,10-11,13-14,18H,3-4,6,8-9,12H2,1-2H3,(H,30,33). The molecule has 7 rings (SSSR count). The molecule has 0 radical (unpaired) electrons. The molecule has 2 aromatic heterocycles. The summed E-state index contributed by atoms with van der Waals surface area (Å²) >= 11 is 5.19. The van der Waals surface area contributed by atoms with Crippen LogP contribution in [0.25, 0.3) is 16.9 Å². The van der Waals surface area contributed by atoms with Crippen LogP contribution in [0.1, 0.15) is 54.0 Å². The fourth-order valence-electron chi connectivity index (χ4n) is 6.51. The summed E-state index contributed by atoms with van der Waals surface area (Å²) in [6, 6.07) is 5.45. The van der Waals surface area contributed by atoms with Gasteiger partial charge < -0.3 is 5.32 Å². The van der Waals surface area contributed by atoms with Crippen LogP contribution in [0.3, 0.4) is 0 Å². The summed E-state index contributed by atoms with van der Waals surface area (Å²) < 4.78 is 30.9. The van der Waals surface area contributed by atoms with Crippen molar-refractivity contribution in [3.63, 3.8) is 0 Å². The zero-order valence-electron chi connectivity index (χ0n) is 19.1. The molecule has 1 aromatic carbocycles. The number of aromatic nitrogens is 2. The van der Waals surface area contributed by atoms with Crippen LogP contribution >= 0.6 is 27.3 Å². The van der Waals surface area contributed by atoms with E-state index in [1.165, 1.54) is 34.5 Å². The second kappa shape index (κ2) is 7.98. The molecule has 4 nitrogen and oxygen atoms in total. The SMILES string of the molecule is CC1(C)C2CCC(CNC(=O)c3nn(-c4ccc(F)cc4F)c4c3CCc3sc(Br)cc3-4)C1C2. The first-order valence-electron chi connectivity index (χ1n) is 11.9. The molecule has 4 aliphatic rings. The minimum absolute atomic E-state index is 0.140.